The van der Waals surface area contributed by atoms with Gasteiger partial charge in [0, 0.05) is 10.6 Å². The summed E-state index contributed by atoms with van der Waals surface area (Å²) in [5.41, 5.74) is 2.35. The van der Waals surface area contributed by atoms with Crippen molar-refractivity contribution in [2.45, 2.75) is 13.2 Å². The van der Waals surface area contributed by atoms with E-state index in [0.29, 0.717) is 32.3 Å². The lowest BCUT2D eigenvalue weighted by Crippen LogP contribution is -2.27. The predicted molar refractivity (Wildman–Crippen MR) is 130 cm³/mol. The first kappa shape index (κ1) is 22.7. The number of halogens is 3. The molecule has 0 bridgehead atoms. The maximum Gasteiger partial charge on any atom is 0.293 e. The molecule has 1 saturated heterocycles. The fraction of sp³-hybridized carbons (Fsp3) is 0.0833. The number of thioether (sulfide) groups is 1. The Bertz CT molecular complexity index is 1230. The van der Waals surface area contributed by atoms with Gasteiger partial charge in [-0.15, -0.1) is 0 Å². The van der Waals surface area contributed by atoms with Gasteiger partial charge >= 0.3 is 0 Å². The molecular weight excluding hydrogens is 489 g/mol. The van der Waals surface area contributed by atoms with Crippen molar-refractivity contribution in [1.29, 1.82) is 0 Å². The molecule has 0 aliphatic carbocycles. The van der Waals surface area contributed by atoms with E-state index in [0.717, 1.165) is 28.5 Å². The maximum absolute atomic E-state index is 12.8. The molecule has 0 unspecified atom stereocenters. The summed E-state index contributed by atoms with van der Waals surface area (Å²) in [5, 5.41) is 1.10. The fourth-order valence-electron chi connectivity index (χ4n) is 3.08. The Labute approximate surface area is 204 Å². The average molecular weight is 505 g/mol. The average Bonchev–Trinajstić information content (AvgIpc) is 3.03. The van der Waals surface area contributed by atoms with Crippen LogP contribution in [0.25, 0.3) is 6.08 Å². The van der Waals surface area contributed by atoms with Crippen LogP contribution >= 0.6 is 46.6 Å². The van der Waals surface area contributed by atoms with Gasteiger partial charge in [-0.1, -0.05) is 71.2 Å². The molecule has 162 valence electrons. The summed E-state index contributed by atoms with van der Waals surface area (Å²) in [5.74, 6) is 0.280. The Morgan fingerprint density at radius 1 is 0.875 bits per heavy atom. The lowest BCUT2D eigenvalue weighted by atomic mass is 10.2. The number of carbonyl (C=O) groups excluding carboxylic acids is 2. The van der Waals surface area contributed by atoms with Crippen molar-refractivity contribution in [2.75, 3.05) is 0 Å². The van der Waals surface area contributed by atoms with Crippen molar-refractivity contribution >= 4 is 63.8 Å². The Morgan fingerprint density at radius 3 is 2.47 bits per heavy atom. The number of benzene rings is 3. The molecule has 2 amide bonds. The van der Waals surface area contributed by atoms with Crippen molar-refractivity contribution in [2.24, 2.45) is 0 Å². The first-order chi connectivity index (χ1) is 15.4. The molecule has 3 aromatic rings. The van der Waals surface area contributed by atoms with E-state index in [-0.39, 0.29) is 17.7 Å². The summed E-state index contributed by atoms with van der Waals surface area (Å²) in [7, 11) is 0. The van der Waals surface area contributed by atoms with Gasteiger partial charge in [-0.25, -0.2) is 0 Å². The minimum Gasteiger partial charge on any atom is -0.489 e. The fourth-order valence-corrected chi connectivity index (χ4v) is 4.43. The highest BCUT2D eigenvalue weighted by atomic mass is 35.5. The molecule has 0 saturated carbocycles. The van der Waals surface area contributed by atoms with Crippen molar-refractivity contribution in [3.8, 4) is 5.75 Å². The van der Waals surface area contributed by atoms with Crippen LogP contribution in [0.15, 0.2) is 71.6 Å². The minimum absolute atomic E-state index is 0.125. The molecule has 0 aromatic heterocycles. The van der Waals surface area contributed by atoms with E-state index in [9.17, 15) is 9.59 Å². The number of rotatable bonds is 6. The molecule has 0 radical (unpaired) electrons. The van der Waals surface area contributed by atoms with E-state index in [1.165, 1.54) is 4.90 Å². The summed E-state index contributed by atoms with van der Waals surface area (Å²) < 4.78 is 5.84. The van der Waals surface area contributed by atoms with Crippen molar-refractivity contribution in [3.05, 3.63) is 103 Å². The molecule has 3 aromatic carbocycles. The minimum atomic E-state index is -0.353. The molecule has 4 nitrogen and oxygen atoms in total. The Hall–Kier alpha value is -2.44. The van der Waals surface area contributed by atoms with Gasteiger partial charge in [0.15, 0.2) is 0 Å². The molecule has 0 atom stereocenters. The normalized spacial score (nSPS) is 15.0. The van der Waals surface area contributed by atoms with E-state index in [1.54, 1.807) is 24.3 Å². The Kier molecular flexibility index (Phi) is 7.11. The van der Waals surface area contributed by atoms with Crippen LogP contribution < -0.4 is 4.74 Å². The quantitative estimate of drug-likeness (QED) is 0.327. The van der Waals surface area contributed by atoms with Crippen LogP contribution in [0.3, 0.4) is 0 Å². The SMILES string of the molecule is O=C1S/C(=C/c2cccc(OCc3ccccc3Cl)c2)C(=O)N1Cc1ccc(Cl)c(Cl)c1. The lowest BCUT2D eigenvalue weighted by molar-refractivity contribution is -0.123. The number of amides is 2. The second-order valence-corrected chi connectivity index (χ2v) is 9.18. The van der Waals surface area contributed by atoms with Crippen molar-refractivity contribution in [3.63, 3.8) is 0 Å². The summed E-state index contributed by atoms with van der Waals surface area (Å²) in [6, 6.07) is 19.8. The van der Waals surface area contributed by atoms with E-state index >= 15 is 0 Å². The zero-order valence-electron chi connectivity index (χ0n) is 16.6. The Morgan fingerprint density at radius 2 is 1.69 bits per heavy atom. The van der Waals surface area contributed by atoms with Crippen molar-refractivity contribution < 1.29 is 14.3 Å². The predicted octanol–water partition coefficient (Wildman–Crippen LogP) is 7.46. The highest BCUT2D eigenvalue weighted by molar-refractivity contribution is 8.18. The molecule has 8 heteroatoms. The summed E-state index contributed by atoms with van der Waals surface area (Å²) in [4.78, 5) is 26.8. The van der Waals surface area contributed by atoms with Gasteiger partial charge < -0.3 is 4.74 Å². The van der Waals surface area contributed by atoms with Gasteiger partial charge in [0.25, 0.3) is 11.1 Å². The molecule has 0 N–H and O–H groups in total. The molecule has 1 aliphatic rings. The van der Waals surface area contributed by atoms with Crippen LogP contribution in [0.2, 0.25) is 15.1 Å². The third-order valence-corrected chi connectivity index (χ3v) is 6.72. The van der Waals surface area contributed by atoms with Gasteiger partial charge in [0.05, 0.1) is 21.5 Å². The van der Waals surface area contributed by atoms with Crippen molar-refractivity contribution in [1.82, 2.24) is 4.90 Å². The topological polar surface area (TPSA) is 46.6 Å². The van der Waals surface area contributed by atoms with Gasteiger partial charge in [-0.05, 0) is 59.3 Å². The number of carbonyl (C=O) groups is 2. The van der Waals surface area contributed by atoms with E-state index < -0.39 is 0 Å². The second-order valence-electron chi connectivity index (χ2n) is 6.97. The number of ether oxygens (including phenoxy) is 1. The summed E-state index contributed by atoms with van der Waals surface area (Å²) in [6.45, 7) is 0.448. The van der Waals surface area contributed by atoms with Gasteiger partial charge in [-0.2, -0.15) is 0 Å². The molecule has 0 spiro atoms. The molecule has 1 fully saturated rings. The number of imide groups is 1. The van der Waals surface area contributed by atoms with Crippen LogP contribution in [0.5, 0.6) is 5.75 Å². The number of hydrogen-bond acceptors (Lipinski definition) is 4. The third-order valence-electron chi connectivity index (χ3n) is 4.71. The highest BCUT2D eigenvalue weighted by Crippen LogP contribution is 2.34. The molecule has 4 rings (SSSR count). The van der Waals surface area contributed by atoms with E-state index in [1.807, 2.05) is 48.5 Å². The van der Waals surface area contributed by atoms with Crippen LogP contribution in [0, 0.1) is 0 Å². The van der Waals surface area contributed by atoms with Gasteiger partial charge in [0.1, 0.15) is 12.4 Å². The van der Waals surface area contributed by atoms with Crippen LogP contribution in [-0.2, 0) is 17.9 Å². The lowest BCUT2D eigenvalue weighted by Gasteiger charge is -2.13. The maximum atomic E-state index is 12.8. The summed E-state index contributed by atoms with van der Waals surface area (Å²) >= 11 is 19.1. The summed E-state index contributed by atoms with van der Waals surface area (Å²) in [6.07, 6.45) is 1.68. The van der Waals surface area contributed by atoms with Crippen LogP contribution in [0.4, 0.5) is 4.79 Å². The number of hydrogen-bond donors (Lipinski definition) is 0. The second kappa shape index (κ2) is 10.0. The highest BCUT2D eigenvalue weighted by Gasteiger charge is 2.35. The third kappa shape index (κ3) is 5.30. The molecule has 1 heterocycles. The van der Waals surface area contributed by atoms with E-state index in [2.05, 4.69) is 0 Å². The van der Waals surface area contributed by atoms with E-state index in [4.69, 9.17) is 39.5 Å². The zero-order chi connectivity index (χ0) is 22.7. The first-order valence-electron chi connectivity index (χ1n) is 9.56. The molecule has 1 aliphatic heterocycles. The van der Waals surface area contributed by atoms with Crippen LogP contribution in [0.1, 0.15) is 16.7 Å². The Balaban J connectivity index is 1.47. The standard InChI is InChI=1S/C24H16Cl3NO3S/c25-19-7-2-1-5-17(19)14-31-18-6-3-4-15(10-18)12-22-23(29)28(24(30)32-22)13-16-8-9-20(26)21(27)11-16/h1-12H,13-14H2/b22-12+. The smallest absolute Gasteiger partial charge is 0.293 e. The van der Waals surface area contributed by atoms with Gasteiger partial charge in [0.2, 0.25) is 0 Å². The molecule has 32 heavy (non-hydrogen) atoms. The zero-order valence-corrected chi connectivity index (χ0v) is 19.6. The van der Waals surface area contributed by atoms with Gasteiger partial charge in [-0.3, -0.25) is 14.5 Å². The largest absolute Gasteiger partial charge is 0.489 e. The first-order valence-corrected chi connectivity index (χ1v) is 11.5. The molecular formula is C24H16Cl3NO3S. The number of nitrogens with zero attached hydrogens (tertiary/aromatic N) is 1. The van der Waals surface area contributed by atoms with Crippen LogP contribution in [-0.4, -0.2) is 16.0 Å². The monoisotopic (exact) mass is 503 g/mol.